The van der Waals surface area contributed by atoms with Crippen molar-refractivity contribution in [2.75, 3.05) is 6.54 Å². The highest BCUT2D eigenvalue weighted by Gasteiger charge is 2.26. The van der Waals surface area contributed by atoms with Gasteiger partial charge >= 0.3 is 0 Å². The number of thiazole rings is 1. The highest BCUT2D eigenvalue weighted by molar-refractivity contribution is 7.18. The Morgan fingerprint density at radius 1 is 1.35 bits per heavy atom. The lowest BCUT2D eigenvalue weighted by molar-refractivity contribution is 0.308. The van der Waals surface area contributed by atoms with Gasteiger partial charge in [0.1, 0.15) is 5.01 Å². The van der Waals surface area contributed by atoms with E-state index in [0.717, 1.165) is 37.4 Å². The van der Waals surface area contributed by atoms with Crippen LogP contribution in [0.2, 0.25) is 0 Å². The second-order valence-corrected chi connectivity index (χ2v) is 6.37. The van der Waals surface area contributed by atoms with E-state index in [1.807, 2.05) is 6.07 Å². The summed E-state index contributed by atoms with van der Waals surface area (Å²) in [5.74, 6) is 0.770. The number of nitrogens with zero attached hydrogens (tertiary/aromatic N) is 1. The zero-order valence-corrected chi connectivity index (χ0v) is 11.1. The molecule has 2 aromatic rings. The van der Waals surface area contributed by atoms with Gasteiger partial charge in [-0.3, -0.25) is 0 Å². The predicted octanol–water partition coefficient (Wildman–Crippen LogP) is 3.40. The maximum atomic E-state index is 5.96. The first-order chi connectivity index (χ1) is 8.31. The second kappa shape index (κ2) is 4.92. The van der Waals surface area contributed by atoms with Crippen LogP contribution >= 0.6 is 22.9 Å². The lowest BCUT2D eigenvalue weighted by Gasteiger charge is -2.30. The summed E-state index contributed by atoms with van der Waals surface area (Å²) in [5, 5.41) is 5.07. The summed E-state index contributed by atoms with van der Waals surface area (Å²) in [7, 11) is 0. The van der Waals surface area contributed by atoms with Gasteiger partial charge in [-0.15, -0.1) is 22.9 Å². The van der Waals surface area contributed by atoms with E-state index < -0.39 is 0 Å². The topological polar surface area (TPSA) is 24.9 Å². The summed E-state index contributed by atoms with van der Waals surface area (Å²) in [6.45, 7) is 1.95. The molecule has 3 rings (SSSR count). The van der Waals surface area contributed by atoms with E-state index in [1.54, 1.807) is 11.3 Å². The fraction of sp³-hybridized carbons (Fsp3) is 0.462. The van der Waals surface area contributed by atoms with Crippen LogP contribution in [0.5, 0.6) is 0 Å². The summed E-state index contributed by atoms with van der Waals surface area (Å²) in [5.41, 5.74) is 1.11. The van der Waals surface area contributed by atoms with Gasteiger partial charge in [-0.2, -0.15) is 0 Å². The van der Waals surface area contributed by atoms with Crippen molar-refractivity contribution in [3.8, 4) is 0 Å². The summed E-state index contributed by atoms with van der Waals surface area (Å²) >= 11 is 7.73. The zero-order chi connectivity index (χ0) is 11.7. The molecule has 0 saturated heterocycles. The third kappa shape index (κ3) is 2.62. The average molecular weight is 267 g/mol. The molecule has 4 heteroatoms. The third-order valence-corrected chi connectivity index (χ3v) is 4.62. The molecule has 0 amide bonds. The standard InChI is InChI=1S/C13H15ClN2S/c14-10-5-9(6-10)7-15-8-13-16-11-3-1-2-4-12(11)17-13/h1-4,9-10,15H,5-8H2. The maximum absolute atomic E-state index is 5.96. The zero-order valence-electron chi connectivity index (χ0n) is 9.53. The van der Waals surface area contributed by atoms with Gasteiger partial charge in [-0.25, -0.2) is 4.98 Å². The van der Waals surface area contributed by atoms with Gasteiger partial charge in [0.25, 0.3) is 0 Å². The van der Waals surface area contributed by atoms with Crippen molar-refractivity contribution in [1.82, 2.24) is 10.3 Å². The van der Waals surface area contributed by atoms with Crippen molar-refractivity contribution < 1.29 is 0 Å². The first-order valence-electron chi connectivity index (χ1n) is 6.00. The summed E-state index contributed by atoms with van der Waals surface area (Å²) < 4.78 is 1.27. The molecule has 0 spiro atoms. The number of benzene rings is 1. The minimum Gasteiger partial charge on any atom is -0.310 e. The van der Waals surface area contributed by atoms with Crippen molar-refractivity contribution in [2.24, 2.45) is 5.92 Å². The third-order valence-electron chi connectivity index (χ3n) is 3.23. The molecule has 1 aliphatic rings. The number of rotatable bonds is 4. The molecule has 0 radical (unpaired) electrons. The Kier molecular flexibility index (Phi) is 3.32. The van der Waals surface area contributed by atoms with Gasteiger partial charge in [0, 0.05) is 11.9 Å². The number of hydrogen-bond acceptors (Lipinski definition) is 3. The quantitative estimate of drug-likeness (QED) is 0.858. The maximum Gasteiger partial charge on any atom is 0.108 e. The van der Waals surface area contributed by atoms with Crippen LogP contribution in [-0.4, -0.2) is 16.9 Å². The van der Waals surface area contributed by atoms with Crippen LogP contribution in [0.1, 0.15) is 17.8 Å². The molecule has 90 valence electrons. The van der Waals surface area contributed by atoms with Crippen molar-refractivity contribution in [1.29, 1.82) is 0 Å². The number of alkyl halides is 1. The lowest BCUT2D eigenvalue weighted by atomic mass is 9.85. The van der Waals surface area contributed by atoms with Crippen LogP contribution in [0.25, 0.3) is 10.2 Å². The Hall–Kier alpha value is -0.640. The van der Waals surface area contributed by atoms with Gasteiger partial charge in [0.15, 0.2) is 0 Å². The number of para-hydroxylation sites is 1. The van der Waals surface area contributed by atoms with Gasteiger partial charge in [-0.05, 0) is 37.4 Å². The van der Waals surface area contributed by atoms with Crippen LogP contribution in [0.15, 0.2) is 24.3 Å². The fourth-order valence-electron chi connectivity index (χ4n) is 2.20. The molecular formula is C13H15ClN2S. The van der Waals surface area contributed by atoms with E-state index in [-0.39, 0.29) is 0 Å². The number of hydrogen-bond donors (Lipinski definition) is 1. The van der Waals surface area contributed by atoms with E-state index in [9.17, 15) is 0 Å². The number of halogens is 1. The molecule has 0 aliphatic heterocycles. The molecular weight excluding hydrogens is 252 g/mol. The molecule has 0 atom stereocenters. The first kappa shape index (κ1) is 11.5. The van der Waals surface area contributed by atoms with Crippen LogP contribution in [0.4, 0.5) is 0 Å². The summed E-state index contributed by atoms with van der Waals surface area (Å²) in [4.78, 5) is 4.60. The highest BCUT2D eigenvalue weighted by atomic mass is 35.5. The summed E-state index contributed by atoms with van der Waals surface area (Å²) in [6.07, 6.45) is 2.32. The Labute approximate surface area is 110 Å². The van der Waals surface area contributed by atoms with E-state index in [0.29, 0.717) is 5.38 Å². The highest BCUT2D eigenvalue weighted by Crippen LogP contribution is 2.31. The molecule has 1 heterocycles. The molecule has 2 nitrogen and oxygen atoms in total. The second-order valence-electron chi connectivity index (χ2n) is 4.64. The van der Waals surface area contributed by atoms with E-state index in [4.69, 9.17) is 11.6 Å². The van der Waals surface area contributed by atoms with E-state index >= 15 is 0 Å². The van der Waals surface area contributed by atoms with Gasteiger partial charge in [0.05, 0.1) is 10.2 Å². The Balaban J connectivity index is 1.54. The molecule has 1 aromatic heterocycles. The van der Waals surface area contributed by atoms with Crippen LogP contribution < -0.4 is 5.32 Å². The number of aromatic nitrogens is 1. The van der Waals surface area contributed by atoms with Crippen molar-refractivity contribution >= 4 is 33.2 Å². The van der Waals surface area contributed by atoms with Gasteiger partial charge in [-0.1, -0.05) is 12.1 Å². The van der Waals surface area contributed by atoms with Crippen molar-refractivity contribution in [3.05, 3.63) is 29.3 Å². The van der Waals surface area contributed by atoms with Crippen LogP contribution in [-0.2, 0) is 6.54 Å². The molecule has 17 heavy (non-hydrogen) atoms. The SMILES string of the molecule is ClC1CC(CNCc2nc3ccccc3s2)C1. The molecule has 1 aliphatic carbocycles. The molecule has 1 N–H and O–H groups in total. The Morgan fingerprint density at radius 2 is 2.18 bits per heavy atom. The van der Waals surface area contributed by atoms with Crippen LogP contribution in [0.3, 0.4) is 0 Å². The fourth-order valence-corrected chi connectivity index (χ4v) is 3.64. The van der Waals surface area contributed by atoms with E-state index in [2.05, 4.69) is 28.5 Å². The monoisotopic (exact) mass is 266 g/mol. The minimum absolute atomic E-state index is 0.421. The number of fused-ring (bicyclic) bond motifs is 1. The smallest absolute Gasteiger partial charge is 0.108 e. The lowest BCUT2D eigenvalue weighted by Crippen LogP contribution is -2.33. The Bertz CT molecular complexity index is 472. The largest absolute Gasteiger partial charge is 0.310 e. The summed E-state index contributed by atoms with van der Waals surface area (Å²) in [6, 6.07) is 8.29. The first-order valence-corrected chi connectivity index (χ1v) is 7.26. The van der Waals surface area contributed by atoms with Crippen LogP contribution in [0, 0.1) is 5.92 Å². The molecule has 1 aromatic carbocycles. The minimum atomic E-state index is 0.421. The Morgan fingerprint density at radius 3 is 2.94 bits per heavy atom. The molecule has 0 unspecified atom stereocenters. The normalized spacial score (nSPS) is 23.8. The van der Waals surface area contributed by atoms with Gasteiger partial charge in [0.2, 0.25) is 0 Å². The average Bonchev–Trinajstić information content (AvgIpc) is 2.69. The van der Waals surface area contributed by atoms with Crippen molar-refractivity contribution in [3.63, 3.8) is 0 Å². The predicted molar refractivity (Wildman–Crippen MR) is 73.7 cm³/mol. The van der Waals surface area contributed by atoms with E-state index in [1.165, 1.54) is 9.71 Å². The number of nitrogens with one attached hydrogen (secondary N) is 1. The molecule has 1 fully saturated rings. The molecule has 1 saturated carbocycles. The van der Waals surface area contributed by atoms with Gasteiger partial charge < -0.3 is 5.32 Å². The molecule has 0 bridgehead atoms. The van der Waals surface area contributed by atoms with Crippen molar-refractivity contribution in [2.45, 2.75) is 24.8 Å².